The molecule has 5 heteroatoms. The van der Waals surface area contributed by atoms with E-state index in [-0.39, 0.29) is 5.56 Å². The van der Waals surface area contributed by atoms with Gasteiger partial charge in [-0.05, 0) is 30.3 Å². The van der Waals surface area contributed by atoms with Gasteiger partial charge in [0.05, 0.1) is 16.6 Å². The summed E-state index contributed by atoms with van der Waals surface area (Å²) in [5.41, 5.74) is 1.61. The minimum atomic E-state index is -0.653. The van der Waals surface area contributed by atoms with Gasteiger partial charge in [0.15, 0.2) is 0 Å². The Morgan fingerprint density at radius 1 is 1.06 bits per heavy atom. The summed E-state index contributed by atoms with van der Waals surface area (Å²) in [6.07, 6.45) is 0. The molecule has 0 unspecified atom stereocenters. The van der Waals surface area contributed by atoms with Crippen molar-refractivity contribution in [3.05, 3.63) is 53.1 Å². The molecule has 0 saturated heterocycles. The third kappa shape index (κ3) is 1.84. The molecule has 0 radical (unpaired) electrons. The molecule has 18 heavy (non-hydrogen) atoms. The van der Waals surface area contributed by atoms with Crippen LogP contribution in [0.3, 0.4) is 0 Å². The average molecular weight is 265 g/mol. The number of hydrogen-bond acceptors (Lipinski definition) is 1. The zero-order valence-electron chi connectivity index (χ0n) is 9.05. The Bertz CT molecular complexity index is 737. The molecule has 0 saturated carbocycles. The van der Waals surface area contributed by atoms with E-state index in [1.807, 2.05) is 0 Å². The Balaban J connectivity index is 2.19. The van der Waals surface area contributed by atoms with Crippen LogP contribution < -0.4 is 0 Å². The van der Waals surface area contributed by atoms with E-state index < -0.39 is 11.6 Å². The minimum Gasteiger partial charge on any atom is -0.338 e. The van der Waals surface area contributed by atoms with Gasteiger partial charge in [-0.15, -0.1) is 0 Å². The van der Waals surface area contributed by atoms with E-state index in [0.717, 1.165) is 6.07 Å². The first-order valence-electron chi connectivity index (χ1n) is 5.24. The standard InChI is InChI=1S/C13H7ClF2N2/c14-7-1-4-11-12(5-7)18-13(17-11)9-3-2-8(15)6-10(9)16/h1-6H,(H,17,18). The molecule has 0 amide bonds. The van der Waals surface area contributed by atoms with E-state index >= 15 is 0 Å². The van der Waals surface area contributed by atoms with E-state index in [4.69, 9.17) is 11.6 Å². The molecular weight excluding hydrogens is 258 g/mol. The summed E-state index contributed by atoms with van der Waals surface area (Å²) >= 11 is 5.85. The van der Waals surface area contributed by atoms with E-state index in [2.05, 4.69) is 9.97 Å². The van der Waals surface area contributed by atoms with Crippen molar-refractivity contribution in [1.29, 1.82) is 0 Å². The number of benzene rings is 2. The minimum absolute atomic E-state index is 0.226. The first kappa shape index (κ1) is 11.2. The molecular formula is C13H7ClF2N2. The van der Waals surface area contributed by atoms with E-state index in [0.29, 0.717) is 21.9 Å². The van der Waals surface area contributed by atoms with Gasteiger partial charge in [-0.2, -0.15) is 0 Å². The fourth-order valence-corrected chi connectivity index (χ4v) is 1.96. The molecule has 0 atom stereocenters. The number of aromatic nitrogens is 2. The van der Waals surface area contributed by atoms with Gasteiger partial charge in [0.1, 0.15) is 17.5 Å². The Hall–Kier alpha value is -1.94. The van der Waals surface area contributed by atoms with Crippen LogP contribution in [0.5, 0.6) is 0 Å². The molecule has 0 aliphatic heterocycles. The highest BCUT2D eigenvalue weighted by Gasteiger charge is 2.10. The molecule has 1 heterocycles. The van der Waals surface area contributed by atoms with Crippen molar-refractivity contribution in [3.63, 3.8) is 0 Å². The number of rotatable bonds is 1. The monoisotopic (exact) mass is 264 g/mol. The van der Waals surface area contributed by atoms with Crippen molar-refractivity contribution in [2.45, 2.75) is 0 Å². The number of halogens is 3. The van der Waals surface area contributed by atoms with E-state index in [9.17, 15) is 8.78 Å². The zero-order valence-corrected chi connectivity index (χ0v) is 9.80. The average Bonchev–Trinajstić information content (AvgIpc) is 2.71. The second kappa shape index (κ2) is 4.07. The van der Waals surface area contributed by atoms with Gasteiger partial charge in [0.25, 0.3) is 0 Å². The summed E-state index contributed by atoms with van der Waals surface area (Å²) in [7, 11) is 0. The smallest absolute Gasteiger partial charge is 0.141 e. The summed E-state index contributed by atoms with van der Waals surface area (Å²) < 4.78 is 26.5. The number of imidazole rings is 1. The van der Waals surface area contributed by atoms with Gasteiger partial charge >= 0.3 is 0 Å². The molecule has 2 nitrogen and oxygen atoms in total. The second-order valence-electron chi connectivity index (χ2n) is 3.87. The molecule has 2 aromatic carbocycles. The van der Waals surface area contributed by atoms with E-state index in [1.54, 1.807) is 18.2 Å². The van der Waals surface area contributed by atoms with E-state index in [1.165, 1.54) is 12.1 Å². The maximum atomic E-state index is 13.6. The van der Waals surface area contributed by atoms with Gasteiger partial charge < -0.3 is 4.98 Å². The molecule has 90 valence electrons. The molecule has 0 aliphatic rings. The Morgan fingerprint density at radius 3 is 2.67 bits per heavy atom. The molecule has 1 aromatic heterocycles. The molecule has 3 rings (SSSR count). The fourth-order valence-electron chi connectivity index (χ4n) is 1.79. The lowest BCUT2D eigenvalue weighted by Gasteiger charge is -1.98. The normalized spacial score (nSPS) is 11.1. The fraction of sp³-hybridized carbons (Fsp3) is 0. The lowest BCUT2D eigenvalue weighted by atomic mass is 10.2. The summed E-state index contributed by atoms with van der Waals surface area (Å²) in [4.78, 5) is 7.19. The largest absolute Gasteiger partial charge is 0.338 e. The number of aromatic amines is 1. The quantitative estimate of drug-likeness (QED) is 0.702. The SMILES string of the molecule is Fc1ccc(-c2nc3ccc(Cl)cc3[nH]2)c(F)c1. The number of nitrogens with zero attached hydrogens (tertiary/aromatic N) is 1. The van der Waals surface area contributed by atoms with Crippen LogP contribution in [0, 0.1) is 11.6 Å². The third-order valence-electron chi connectivity index (χ3n) is 2.63. The first-order chi connectivity index (χ1) is 8.63. The summed E-state index contributed by atoms with van der Waals surface area (Å²) in [6, 6.07) is 8.52. The number of fused-ring (bicyclic) bond motifs is 1. The van der Waals surface area contributed by atoms with Crippen molar-refractivity contribution in [3.8, 4) is 11.4 Å². The van der Waals surface area contributed by atoms with Crippen molar-refractivity contribution in [2.24, 2.45) is 0 Å². The van der Waals surface area contributed by atoms with Crippen LogP contribution in [0.1, 0.15) is 0 Å². The molecule has 3 aromatic rings. The lowest BCUT2D eigenvalue weighted by molar-refractivity contribution is 0.585. The maximum Gasteiger partial charge on any atom is 0.141 e. The molecule has 0 bridgehead atoms. The summed E-state index contributed by atoms with van der Waals surface area (Å²) in [5.74, 6) is -0.916. The molecule has 0 fully saturated rings. The van der Waals surface area contributed by atoms with Gasteiger partial charge in [0, 0.05) is 11.1 Å². The van der Waals surface area contributed by atoms with Crippen LogP contribution in [-0.4, -0.2) is 9.97 Å². The molecule has 0 spiro atoms. The van der Waals surface area contributed by atoms with Crippen LogP contribution in [0.4, 0.5) is 8.78 Å². The van der Waals surface area contributed by atoms with Crippen molar-refractivity contribution in [1.82, 2.24) is 9.97 Å². The van der Waals surface area contributed by atoms with Crippen LogP contribution in [-0.2, 0) is 0 Å². The second-order valence-corrected chi connectivity index (χ2v) is 4.31. The van der Waals surface area contributed by atoms with Crippen LogP contribution >= 0.6 is 11.6 Å². The predicted octanol–water partition coefficient (Wildman–Crippen LogP) is 4.16. The number of nitrogens with one attached hydrogen (secondary N) is 1. The predicted molar refractivity (Wildman–Crippen MR) is 66.5 cm³/mol. The number of H-pyrrole nitrogens is 1. The van der Waals surface area contributed by atoms with Crippen molar-refractivity contribution < 1.29 is 8.78 Å². The van der Waals surface area contributed by atoms with Crippen LogP contribution in [0.2, 0.25) is 5.02 Å². The highest BCUT2D eigenvalue weighted by Crippen LogP contribution is 2.25. The lowest BCUT2D eigenvalue weighted by Crippen LogP contribution is -1.87. The Morgan fingerprint density at radius 2 is 1.89 bits per heavy atom. The number of hydrogen-bond donors (Lipinski definition) is 1. The van der Waals surface area contributed by atoms with Crippen molar-refractivity contribution in [2.75, 3.05) is 0 Å². The van der Waals surface area contributed by atoms with Crippen LogP contribution in [0.25, 0.3) is 22.4 Å². The first-order valence-corrected chi connectivity index (χ1v) is 5.62. The van der Waals surface area contributed by atoms with Gasteiger partial charge in [-0.25, -0.2) is 13.8 Å². The third-order valence-corrected chi connectivity index (χ3v) is 2.87. The van der Waals surface area contributed by atoms with Crippen LogP contribution in [0.15, 0.2) is 36.4 Å². The van der Waals surface area contributed by atoms with Crippen molar-refractivity contribution >= 4 is 22.6 Å². The topological polar surface area (TPSA) is 28.7 Å². The highest BCUT2D eigenvalue weighted by atomic mass is 35.5. The maximum absolute atomic E-state index is 13.6. The molecule has 1 N–H and O–H groups in total. The van der Waals surface area contributed by atoms with Gasteiger partial charge in [-0.3, -0.25) is 0 Å². The summed E-state index contributed by atoms with van der Waals surface area (Å²) in [5, 5.41) is 0.567. The molecule has 0 aliphatic carbocycles. The summed E-state index contributed by atoms with van der Waals surface area (Å²) in [6.45, 7) is 0. The zero-order chi connectivity index (χ0) is 12.7. The highest BCUT2D eigenvalue weighted by molar-refractivity contribution is 6.31. The Labute approximate surface area is 106 Å². The Kier molecular flexibility index (Phi) is 2.52. The van der Waals surface area contributed by atoms with Gasteiger partial charge in [0.2, 0.25) is 0 Å². The van der Waals surface area contributed by atoms with Gasteiger partial charge in [-0.1, -0.05) is 11.6 Å².